The van der Waals surface area contributed by atoms with E-state index in [9.17, 15) is 9.90 Å². The molecule has 1 aliphatic heterocycles. The molecule has 4 nitrogen and oxygen atoms in total. The van der Waals surface area contributed by atoms with Crippen LogP contribution in [0.5, 0.6) is 0 Å². The normalized spacial score (nSPS) is 24.2. The monoisotopic (exact) mass is 248 g/mol. The van der Waals surface area contributed by atoms with Crippen molar-refractivity contribution in [3.05, 3.63) is 35.9 Å². The Morgan fingerprint density at radius 3 is 2.61 bits per heavy atom. The molecule has 1 N–H and O–H groups in total. The molecule has 2 rings (SSSR count). The summed E-state index contributed by atoms with van der Waals surface area (Å²) in [7, 11) is 1.77. The Morgan fingerprint density at radius 1 is 1.39 bits per heavy atom. The lowest BCUT2D eigenvalue weighted by Crippen LogP contribution is -2.44. The van der Waals surface area contributed by atoms with E-state index in [0.717, 1.165) is 13.1 Å². The van der Waals surface area contributed by atoms with Crippen LogP contribution in [0.15, 0.2) is 30.3 Å². The van der Waals surface area contributed by atoms with Crippen molar-refractivity contribution in [2.24, 2.45) is 0 Å². The number of hydrogen-bond donors (Lipinski definition) is 1. The molecule has 1 aliphatic rings. The summed E-state index contributed by atoms with van der Waals surface area (Å²) in [5.41, 5.74) is 0.669. The van der Waals surface area contributed by atoms with E-state index in [4.69, 9.17) is 0 Å². The van der Waals surface area contributed by atoms with E-state index in [1.54, 1.807) is 24.1 Å². The standard InChI is InChI=1S/C14H20N2O2/c1-3-16-9-12(13(17)10-16)15(2)14(18)11-7-5-4-6-8-11/h4-8,12-13,17H,3,9-10H2,1-2H3/t12-,13-/m1/s1. The summed E-state index contributed by atoms with van der Waals surface area (Å²) >= 11 is 0. The van der Waals surface area contributed by atoms with Crippen molar-refractivity contribution in [1.82, 2.24) is 9.80 Å². The van der Waals surface area contributed by atoms with Gasteiger partial charge in [0.15, 0.2) is 0 Å². The zero-order valence-electron chi connectivity index (χ0n) is 10.9. The van der Waals surface area contributed by atoms with Gasteiger partial charge in [-0.05, 0) is 18.7 Å². The Hall–Kier alpha value is -1.39. The summed E-state index contributed by atoms with van der Waals surface area (Å²) < 4.78 is 0. The van der Waals surface area contributed by atoms with E-state index >= 15 is 0 Å². The van der Waals surface area contributed by atoms with Crippen LogP contribution in [0.25, 0.3) is 0 Å². The van der Waals surface area contributed by atoms with Gasteiger partial charge in [0.05, 0.1) is 12.1 Å². The Bertz CT molecular complexity index is 408. The molecular formula is C14H20N2O2. The molecule has 0 bridgehead atoms. The third kappa shape index (κ3) is 2.54. The van der Waals surface area contributed by atoms with E-state index in [-0.39, 0.29) is 11.9 Å². The molecule has 4 heteroatoms. The largest absolute Gasteiger partial charge is 0.390 e. The number of amides is 1. The van der Waals surface area contributed by atoms with Crippen molar-refractivity contribution in [1.29, 1.82) is 0 Å². The molecule has 98 valence electrons. The minimum atomic E-state index is -0.456. The van der Waals surface area contributed by atoms with Gasteiger partial charge in [-0.3, -0.25) is 9.69 Å². The first-order valence-corrected chi connectivity index (χ1v) is 6.36. The van der Waals surface area contributed by atoms with Crippen molar-refractivity contribution in [3.63, 3.8) is 0 Å². The summed E-state index contributed by atoms with van der Waals surface area (Å²) in [6.45, 7) is 4.36. The SMILES string of the molecule is CCN1C[C@@H](O)[C@H](N(C)C(=O)c2ccccc2)C1. The molecule has 0 aromatic heterocycles. The summed E-state index contributed by atoms with van der Waals surface area (Å²) in [5, 5.41) is 10.0. The Labute approximate surface area is 108 Å². The number of hydrogen-bond acceptors (Lipinski definition) is 3. The fourth-order valence-corrected chi connectivity index (χ4v) is 2.42. The molecule has 0 unspecified atom stereocenters. The maximum Gasteiger partial charge on any atom is 0.253 e. The van der Waals surface area contributed by atoms with E-state index < -0.39 is 6.10 Å². The minimum absolute atomic E-state index is 0.0300. The zero-order chi connectivity index (χ0) is 13.1. The second-order valence-corrected chi connectivity index (χ2v) is 4.77. The van der Waals surface area contributed by atoms with Gasteiger partial charge in [0, 0.05) is 25.7 Å². The molecular weight excluding hydrogens is 228 g/mol. The van der Waals surface area contributed by atoms with Crippen molar-refractivity contribution >= 4 is 5.91 Å². The van der Waals surface area contributed by atoms with Crippen LogP contribution in [0, 0.1) is 0 Å². The molecule has 1 aromatic rings. The average Bonchev–Trinajstić information content (AvgIpc) is 2.79. The highest BCUT2D eigenvalue weighted by atomic mass is 16.3. The van der Waals surface area contributed by atoms with Gasteiger partial charge < -0.3 is 10.0 Å². The van der Waals surface area contributed by atoms with Crippen LogP contribution in [0.4, 0.5) is 0 Å². The van der Waals surface area contributed by atoms with Crippen LogP contribution in [0.2, 0.25) is 0 Å². The summed E-state index contributed by atoms with van der Waals surface area (Å²) in [5.74, 6) is -0.0300. The smallest absolute Gasteiger partial charge is 0.253 e. The average molecular weight is 248 g/mol. The lowest BCUT2D eigenvalue weighted by atomic mass is 10.1. The number of rotatable bonds is 3. The van der Waals surface area contributed by atoms with E-state index in [1.807, 2.05) is 18.2 Å². The summed E-state index contributed by atoms with van der Waals surface area (Å²) in [6.07, 6.45) is -0.456. The maximum absolute atomic E-state index is 12.3. The number of β-amino-alcohol motifs (C(OH)–C–C–N with tert-alkyl or cyclic N) is 1. The third-order valence-electron chi connectivity index (χ3n) is 3.62. The highest BCUT2D eigenvalue weighted by molar-refractivity contribution is 5.94. The van der Waals surface area contributed by atoms with Crippen molar-refractivity contribution < 1.29 is 9.90 Å². The Morgan fingerprint density at radius 2 is 2.06 bits per heavy atom. The number of aliphatic hydroxyl groups excluding tert-OH is 1. The van der Waals surface area contributed by atoms with E-state index in [0.29, 0.717) is 12.1 Å². The molecule has 2 atom stereocenters. The van der Waals surface area contributed by atoms with Crippen molar-refractivity contribution in [2.75, 3.05) is 26.7 Å². The fraction of sp³-hybridized carbons (Fsp3) is 0.500. The molecule has 1 saturated heterocycles. The molecule has 0 spiro atoms. The van der Waals surface area contributed by atoms with Gasteiger partial charge in [0.1, 0.15) is 0 Å². The van der Waals surface area contributed by atoms with E-state index in [2.05, 4.69) is 11.8 Å². The van der Waals surface area contributed by atoms with Gasteiger partial charge >= 0.3 is 0 Å². The Kier molecular flexibility index (Phi) is 3.99. The van der Waals surface area contributed by atoms with Gasteiger partial charge in [-0.1, -0.05) is 25.1 Å². The predicted octanol–water partition coefficient (Wildman–Crippen LogP) is 0.824. The maximum atomic E-state index is 12.3. The molecule has 18 heavy (non-hydrogen) atoms. The van der Waals surface area contributed by atoms with Crippen LogP contribution in [-0.2, 0) is 0 Å². The number of nitrogens with zero attached hydrogens (tertiary/aromatic N) is 2. The lowest BCUT2D eigenvalue weighted by Gasteiger charge is -2.26. The number of carbonyl (C=O) groups excluding carboxylic acids is 1. The fourth-order valence-electron chi connectivity index (χ4n) is 2.42. The van der Waals surface area contributed by atoms with Gasteiger partial charge in [0.2, 0.25) is 0 Å². The van der Waals surface area contributed by atoms with Gasteiger partial charge in [-0.15, -0.1) is 0 Å². The number of likely N-dealkylation sites (N-methyl/N-ethyl adjacent to an activating group) is 2. The highest BCUT2D eigenvalue weighted by Gasteiger charge is 2.35. The first-order valence-electron chi connectivity index (χ1n) is 6.36. The van der Waals surface area contributed by atoms with Crippen LogP contribution in [0.1, 0.15) is 17.3 Å². The molecule has 0 aliphatic carbocycles. The van der Waals surface area contributed by atoms with Crippen LogP contribution >= 0.6 is 0 Å². The second kappa shape index (κ2) is 5.50. The van der Waals surface area contributed by atoms with Crippen LogP contribution < -0.4 is 0 Å². The summed E-state index contributed by atoms with van der Waals surface area (Å²) in [6, 6.07) is 9.09. The molecule has 1 aromatic carbocycles. The van der Waals surface area contributed by atoms with E-state index in [1.165, 1.54) is 0 Å². The van der Waals surface area contributed by atoms with Gasteiger partial charge in [-0.25, -0.2) is 0 Å². The predicted molar refractivity (Wildman–Crippen MR) is 70.4 cm³/mol. The first kappa shape index (κ1) is 13.1. The van der Waals surface area contributed by atoms with Gasteiger partial charge in [-0.2, -0.15) is 0 Å². The third-order valence-corrected chi connectivity index (χ3v) is 3.62. The summed E-state index contributed by atoms with van der Waals surface area (Å²) in [4.78, 5) is 16.1. The molecule has 1 amide bonds. The second-order valence-electron chi connectivity index (χ2n) is 4.77. The lowest BCUT2D eigenvalue weighted by molar-refractivity contribution is 0.0581. The molecule has 0 saturated carbocycles. The quantitative estimate of drug-likeness (QED) is 0.861. The topological polar surface area (TPSA) is 43.8 Å². The molecule has 0 radical (unpaired) electrons. The van der Waals surface area contributed by atoms with Crippen molar-refractivity contribution in [3.8, 4) is 0 Å². The van der Waals surface area contributed by atoms with Crippen molar-refractivity contribution in [2.45, 2.75) is 19.1 Å². The minimum Gasteiger partial charge on any atom is -0.390 e. The number of benzene rings is 1. The number of aliphatic hydroxyl groups is 1. The molecule has 1 fully saturated rings. The number of carbonyl (C=O) groups is 1. The zero-order valence-corrected chi connectivity index (χ0v) is 10.9. The first-order chi connectivity index (χ1) is 8.63. The van der Waals surface area contributed by atoms with Crippen LogP contribution in [0.3, 0.4) is 0 Å². The van der Waals surface area contributed by atoms with Gasteiger partial charge in [0.25, 0.3) is 5.91 Å². The highest BCUT2D eigenvalue weighted by Crippen LogP contribution is 2.17. The van der Waals surface area contributed by atoms with Crippen LogP contribution in [-0.4, -0.2) is 59.6 Å². The Balaban J connectivity index is 2.08. The number of likely N-dealkylation sites (tertiary alicyclic amines) is 1. The molecule has 1 heterocycles.